The molecular weight excluding hydrogens is 285 g/mol. The molecule has 1 aliphatic carbocycles. The highest BCUT2D eigenvalue weighted by molar-refractivity contribution is 5.99. The molecule has 1 saturated carbocycles. The lowest BCUT2D eigenvalue weighted by Gasteiger charge is -2.41. The minimum absolute atomic E-state index is 0.0461. The highest BCUT2D eigenvalue weighted by atomic mass is 19.1. The lowest BCUT2D eigenvalue weighted by atomic mass is 9.67. The molecule has 0 unspecified atom stereocenters. The van der Waals surface area contributed by atoms with Crippen LogP contribution in [0.3, 0.4) is 0 Å². The van der Waals surface area contributed by atoms with Gasteiger partial charge in [0.25, 0.3) is 5.91 Å². The van der Waals surface area contributed by atoms with E-state index in [-0.39, 0.29) is 30.4 Å². The number of halogens is 1. The van der Waals surface area contributed by atoms with Gasteiger partial charge in [-0.15, -0.1) is 0 Å². The molecule has 2 N–H and O–H groups in total. The smallest absolute Gasteiger partial charge is 0.250 e. The molecule has 0 spiro atoms. The molecule has 1 amide bonds. The van der Waals surface area contributed by atoms with E-state index in [4.69, 9.17) is 9.84 Å². The predicted octanol–water partition coefficient (Wildman–Crippen LogP) is 2.27. The van der Waals surface area contributed by atoms with Crippen LogP contribution in [0.25, 0.3) is 6.08 Å². The normalized spacial score (nSPS) is 18.5. The molecule has 118 valence electrons. The van der Waals surface area contributed by atoms with Gasteiger partial charge in [0.1, 0.15) is 18.2 Å². The number of hydrogen-bond acceptors (Lipinski definition) is 3. The van der Waals surface area contributed by atoms with Gasteiger partial charge in [-0.25, -0.2) is 4.39 Å². The van der Waals surface area contributed by atoms with Gasteiger partial charge in [-0.05, 0) is 49.0 Å². The fourth-order valence-corrected chi connectivity index (χ4v) is 3.09. The third-order valence-corrected chi connectivity index (χ3v) is 4.66. The van der Waals surface area contributed by atoms with Crippen LogP contribution in [0.2, 0.25) is 0 Å². The molecule has 1 fully saturated rings. The molecule has 0 radical (unpaired) electrons. The number of ether oxygens (including phenoxy) is 1. The van der Waals surface area contributed by atoms with Crippen molar-refractivity contribution in [1.82, 2.24) is 5.32 Å². The summed E-state index contributed by atoms with van der Waals surface area (Å²) in [6.45, 7) is 0.908. The van der Waals surface area contributed by atoms with Gasteiger partial charge in [-0.1, -0.05) is 6.42 Å². The second-order valence-corrected chi connectivity index (χ2v) is 6.15. The van der Waals surface area contributed by atoms with Crippen LogP contribution >= 0.6 is 0 Å². The van der Waals surface area contributed by atoms with Gasteiger partial charge in [0.15, 0.2) is 0 Å². The Labute approximate surface area is 129 Å². The summed E-state index contributed by atoms with van der Waals surface area (Å²) in [5, 5.41) is 12.1. The summed E-state index contributed by atoms with van der Waals surface area (Å²) in [4.78, 5) is 12.3. The topological polar surface area (TPSA) is 58.6 Å². The van der Waals surface area contributed by atoms with Gasteiger partial charge in [0.05, 0.1) is 5.57 Å². The minimum Gasteiger partial charge on any atom is -0.488 e. The third kappa shape index (κ3) is 2.99. The second kappa shape index (κ2) is 6.08. The Bertz CT molecular complexity index is 608. The Hall–Kier alpha value is -1.88. The highest BCUT2D eigenvalue weighted by Gasteiger charge is 2.36. The summed E-state index contributed by atoms with van der Waals surface area (Å²) in [6.07, 6.45) is 5.62. The van der Waals surface area contributed by atoms with Gasteiger partial charge >= 0.3 is 0 Å². The average molecular weight is 305 g/mol. The standard InChI is InChI=1S/C17H20FNO3/c18-14-2-3-15-12(9-14)8-13(10-22-15)16(21)19-11-17(6-7-20)4-1-5-17/h2-3,8-9,20H,1,4-7,10-11H2,(H,19,21). The zero-order chi connectivity index (χ0) is 15.6. The van der Waals surface area contributed by atoms with E-state index in [1.807, 2.05) is 0 Å². The minimum atomic E-state index is -0.350. The quantitative estimate of drug-likeness (QED) is 0.877. The number of carbonyl (C=O) groups excluding carboxylic acids is 1. The number of fused-ring (bicyclic) bond motifs is 1. The second-order valence-electron chi connectivity index (χ2n) is 6.15. The van der Waals surface area contributed by atoms with Crippen LogP contribution in [-0.4, -0.2) is 30.8 Å². The fourth-order valence-electron chi connectivity index (χ4n) is 3.09. The van der Waals surface area contributed by atoms with Gasteiger partial charge in [0, 0.05) is 18.7 Å². The SMILES string of the molecule is O=C(NCC1(CCO)CCC1)C1=Cc2cc(F)ccc2OC1. The van der Waals surface area contributed by atoms with E-state index >= 15 is 0 Å². The summed E-state index contributed by atoms with van der Waals surface area (Å²) >= 11 is 0. The first-order chi connectivity index (χ1) is 10.6. The summed E-state index contributed by atoms with van der Waals surface area (Å²) < 4.78 is 18.8. The zero-order valence-corrected chi connectivity index (χ0v) is 12.4. The Balaban J connectivity index is 1.65. The zero-order valence-electron chi connectivity index (χ0n) is 12.4. The number of rotatable bonds is 5. The van der Waals surface area contributed by atoms with Crippen molar-refractivity contribution in [3.63, 3.8) is 0 Å². The summed E-state index contributed by atoms with van der Waals surface area (Å²) in [5.74, 6) is 0.0597. The van der Waals surface area contributed by atoms with Gasteiger partial charge in [-0.3, -0.25) is 4.79 Å². The van der Waals surface area contributed by atoms with Crippen molar-refractivity contribution < 1.29 is 19.0 Å². The maximum absolute atomic E-state index is 13.3. The van der Waals surface area contributed by atoms with Gasteiger partial charge in [0.2, 0.25) is 0 Å². The Morgan fingerprint density at radius 3 is 2.91 bits per heavy atom. The number of carbonyl (C=O) groups is 1. The third-order valence-electron chi connectivity index (χ3n) is 4.66. The van der Waals surface area contributed by atoms with Crippen LogP contribution in [0.4, 0.5) is 4.39 Å². The van der Waals surface area contributed by atoms with E-state index in [0.29, 0.717) is 23.4 Å². The Morgan fingerprint density at radius 2 is 2.23 bits per heavy atom. The molecule has 0 aromatic heterocycles. The van der Waals surface area contributed by atoms with Gasteiger partial charge in [-0.2, -0.15) is 0 Å². The molecule has 4 nitrogen and oxygen atoms in total. The van der Waals surface area contributed by atoms with Gasteiger partial charge < -0.3 is 15.2 Å². The number of nitrogens with one attached hydrogen (secondary N) is 1. The van der Waals surface area contributed by atoms with Crippen molar-refractivity contribution in [2.45, 2.75) is 25.7 Å². The molecule has 2 aliphatic rings. The predicted molar refractivity (Wildman–Crippen MR) is 80.9 cm³/mol. The van der Waals surface area contributed by atoms with Crippen molar-refractivity contribution in [2.24, 2.45) is 5.41 Å². The number of amides is 1. The van der Waals surface area contributed by atoms with Crippen LogP contribution in [0.5, 0.6) is 5.75 Å². The van der Waals surface area contributed by atoms with Crippen LogP contribution in [0.15, 0.2) is 23.8 Å². The van der Waals surface area contributed by atoms with Crippen molar-refractivity contribution >= 4 is 12.0 Å². The summed E-state index contributed by atoms with van der Waals surface area (Å²) in [6, 6.07) is 4.27. The van der Waals surface area contributed by atoms with E-state index in [9.17, 15) is 9.18 Å². The van der Waals surface area contributed by atoms with Crippen LogP contribution < -0.4 is 10.1 Å². The number of hydrogen-bond donors (Lipinski definition) is 2. The molecule has 22 heavy (non-hydrogen) atoms. The average Bonchev–Trinajstić information content (AvgIpc) is 2.48. The molecule has 1 heterocycles. The van der Waals surface area contributed by atoms with E-state index in [1.165, 1.54) is 12.1 Å². The van der Waals surface area contributed by atoms with Crippen LogP contribution in [0, 0.1) is 11.2 Å². The van der Waals surface area contributed by atoms with E-state index < -0.39 is 0 Å². The van der Waals surface area contributed by atoms with E-state index in [2.05, 4.69) is 5.32 Å². The van der Waals surface area contributed by atoms with Crippen LogP contribution in [-0.2, 0) is 4.79 Å². The molecule has 3 rings (SSSR count). The molecule has 0 atom stereocenters. The van der Waals surface area contributed by atoms with E-state index in [1.54, 1.807) is 12.1 Å². The molecule has 0 bridgehead atoms. The molecule has 0 saturated heterocycles. The maximum atomic E-state index is 13.3. The number of benzene rings is 1. The number of aliphatic hydroxyl groups is 1. The van der Waals surface area contributed by atoms with Crippen molar-refractivity contribution in [3.05, 3.63) is 35.2 Å². The first-order valence-corrected chi connectivity index (χ1v) is 7.64. The fraction of sp³-hybridized carbons (Fsp3) is 0.471. The Kier molecular flexibility index (Phi) is 4.16. The monoisotopic (exact) mass is 305 g/mol. The maximum Gasteiger partial charge on any atom is 0.250 e. The first-order valence-electron chi connectivity index (χ1n) is 7.64. The molecule has 5 heteroatoms. The largest absolute Gasteiger partial charge is 0.488 e. The Morgan fingerprint density at radius 1 is 1.41 bits per heavy atom. The van der Waals surface area contributed by atoms with Crippen molar-refractivity contribution in [3.8, 4) is 5.75 Å². The summed E-state index contributed by atoms with van der Waals surface area (Å²) in [5.41, 5.74) is 1.13. The lowest BCUT2D eigenvalue weighted by molar-refractivity contribution is -0.118. The van der Waals surface area contributed by atoms with Crippen molar-refractivity contribution in [1.29, 1.82) is 0 Å². The molecule has 1 aliphatic heterocycles. The molecule has 1 aromatic rings. The van der Waals surface area contributed by atoms with Crippen LogP contribution in [0.1, 0.15) is 31.2 Å². The molecule has 1 aromatic carbocycles. The first kappa shape index (κ1) is 15.0. The summed E-state index contributed by atoms with van der Waals surface area (Å²) in [7, 11) is 0. The lowest BCUT2D eigenvalue weighted by Crippen LogP contribution is -2.43. The highest BCUT2D eigenvalue weighted by Crippen LogP contribution is 2.43. The van der Waals surface area contributed by atoms with E-state index in [0.717, 1.165) is 25.7 Å². The number of aliphatic hydroxyl groups excluding tert-OH is 1. The molecular formula is C17H20FNO3. The van der Waals surface area contributed by atoms with Crippen molar-refractivity contribution in [2.75, 3.05) is 19.8 Å².